The van der Waals surface area contributed by atoms with Crippen LogP contribution < -0.4 is 5.73 Å². The zero-order valence-electron chi connectivity index (χ0n) is 10.1. The highest BCUT2D eigenvalue weighted by molar-refractivity contribution is 5.83. The molecule has 3 rings (SSSR count). The first-order valence-electron chi connectivity index (χ1n) is 5.72. The molecule has 20 heavy (non-hydrogen) atoms. The molecule has 0 bridgehead atoms. The van der Waals surface area contributed by atoms with Crippen LogP contribution >= 0.6 is 0 Å². The van der Waals surface area contributed by atoms with Gasteiger partial charge in [-0.25, -0.2) is 9.67 Å². The molecule has 7 heteroatoms. The number of benzene rings is 1. The molecule has 0 aliphatic carbocycles. The second-order valence-corrected chi connectivity index (χ2v) is 4.28. The summed E-state index contributed by atoms with van der Waals surface area (Å²) in [6.45, 7) is 0. The molecule has 0 aliphatic heterocycles. The van der Waals surface area contributed by atoms with Gasteiger partial charge in [0.05, 0.1) is 17.3 Å². The molecule has 4 nitrogen and oxygen atoms in total. The quantitative estimate of drug-likeness (QED) is 0.696. The van der Waals surface area contributed by atoms with Gasteiger partial charge in [-0.1, -0.05) is 0 Å². The number of nitrogen functional groups attached to an aromatic ring is 1. The fraction of sp³-hybridized carbons (Fsp3) is 0.0769. The number of aromatic nitrogens is 3. The van der Waals surface area contributed by atoms with Gasteiger partial charge in [0.2, 0.25) is 0 Å². The lowest BCUT2D eigenvalue weighted by atomic mass is 10.2. The number of anilines is 1. The molecule has 0 saturated carbocycles. The molecule has 102 valence electrons. The van der Waals surface area contributed by atoms with Gasteiger partial charge in [0.1, 0.15) is 0 Å². The Labute approximate surface area is 111 Å². The monoisotopic (exact) mass is 278 g/mol. The van der Waals surface area contributed by atoms with E-state index in [1.807, 2.05) is 0 Å². The molecular formula is C13H9F3N4. The molecule has 0 amide bonds. The van der Waals surface area contributed by atoms with Gasteiger partial charge in [0, 0.05) is 17.3 Å². The van der Waals surface area contributed by atoms with Gasteiger partial charge >= 0.3 is 6.18 Å². The zero-order chi connectivity index (χ0) is 14.3. The van der Waals surface area contributed by atoms with Crippen molar-refractivity contribution in [2.45, 2.75) is 6.18 Å². The van der Waals surface area contributed by atoms with Gasteiger partial charge in [0.15, 0.2) is 5.82 Å². The van der Waals surface area contributed by atoms with Crippen LogP contribution in [0.5, 0.6) is 0 Å². The van der Waals surface area contributed by atoms with Gasteiger partial charge in [-0.15, -0.1) is 0 Å². The third-order valence-electron chi connectivity index (χ3n) is 2.89. The van der Waals surface area contributed by atoms with Crippen molar-refractivity contribution in [3.05, 3.63) is 48.3 Å². The van der Waals surface area contributed by atoms with Crippen molar-refractivity contribution in [3.8, 4) is 5.82 Å². The SMILES string of the molecule is Nc1ccc2cnn(-c3ccc(C(F)(F)F)cn3)c2c1. The van der Waals surface area contributed by atoms with Crippen molar-refractivity contribution in [1.82, 2.24) is 14.8 Å². The lowest BCUT2D eigenvalue weighted by Crippen LogP contribution is -2.07. The Morgan fingerprint density at radius 1 is 1.05 bits per heavy atom. The molecule has 2 aromatic heterocycles. The molecule has 0 saturated heterocycles. The highest BCUT2D eigenvalue weighted by Gasteiger charge is 2.30. The minimum absolute atomic E-state index is 0.304. The summed E-state index contributed by atoms with van der Waals surface area (Å²) in [6, 6.07) is 7.47. The summed E-state index contributed by atoms with van der Waals surface area (Å²) < 4.78 is 38.9. The van der Waals surface area contributed by atoms with E-state index in [1.54, 1.807) is 24.4 Å². The van der Waals surface area contributed by atoms with E-state index in [0.29, 0.717) is 17.0 Å². The van der Waals surface area contributed by atoms with Crippen LogP contribution in [0.3, 0.4) is 0 Å². The molecule has 1 aromatic carbocycles. The summed E-state index contributed by atoms with van der Waals surface area (Å²) in [5.74, 6) is 0.304. The van der Waals surface area contributed by atoms with Crippen LogP contribution in [-0.4, -0.2) is 14.8 Å². The third kappa shape index (κ3) is 2.07. The standard InChI is InChI=1S/C13H9F3N4/c14-13(15,16)9-2-4-12(18-7-9)20-11-5-10(17)3-1-8(11)6-19-20/h1-7H,17H2. The van der Waals surface area contributed by atoms with E-state index >= 15 is 0 Å². The van der Waals surface area contributed by atoms with E-state index in [4.69, 9.17) is 5.73 Å². The lowest BCUT2D eigenvalue weighted by molar-refractivity contribution is -0.137. The largest absolute Gasteiger partial charge is 0.417 e. The molecule has 0 unspecified atom stereocenters. The average Bonchev–Trinajstić information content (AvgIpc) is 2.81. The topological polar surface area (TPSA) is 56.7 Å². The molecule has 0 fully saturated rings. The number of pyridine rings is 1. The highest BCUT2D eigenvalue weighted by atomic mass is 19.4. The molecule has 0 spiro atoms. The number of alkyl halides is 3. The molecule has 3 aromatic rings. The lowest BCUT2D eigenvalue weighted by Gasteiger charge is -2.07. The van der Waals surface area contributed by atoms with Gasteiger partial charge in [0.25, 0.3) is 0 Å². The molecule has 2 N–H and O–H groups in total. The Morgan fingerprint density at radius 2 is 1.85 bits per heavy atom. The Kier molecular flexibility index (Phi) is 2.63. The average molecular weight is 278 g/mol. The zero-order valence-corrected chi connectivity index (χ0v) is 10.1. The first-order chi connectivity index (χ1) is 9.45. The third-order valence-corrected chi connectivity index (χ3v) is 2.89. The molecule has 0 aliphatic rings. The highest BCUT2D eigenvalue weighted by Crippen LogP contribution is 2.29. The van der Waals surface area contributed by atoms with Gasteiger partial charge in [-0.05, 0) is 30.3 Å². The Hall–Kier alpha value is -2.57. The van der Waals surface area contributed by atoms with Crippen LogP contribution in [0.1, 0.15) is 5.56 Å². The summed E-state index contributed by atoms with van der Waals surface area (Å²) in [5.41, 5.74) is 6.15. The van der Waals surface area contributed by atoms with E-state index in [-0.39, 0.29) is 0 Å². The first-order valence-corrected chi connectivity index (χ1v) is 5.72. The van der Waals surface area contributed by atoms with Crippen molar-refractivity contribution in [1.29, 1.82) is 0 Å². The van der Waals surface area contributed by atoms with Gasteiger partial charge in [-0.3, -0.25) is 0 Å². The van der Waals surface area contributed by atoms with Crippen molar-refractivity contribution in [2.24, 2.45) is 0 Å². The van der Waals surface area contributed by atoms with Crippen LogP contribution in [0.15, 0.2) is 42.7 Å². The smallest absolute Gasteiger partial charge is 0.399 e. The predicted molar refractivity (Wildman–Crippen MR) is 68.3 cm³/mol. The minimum Gasteiger partial charge on any atom is -0.399 e. The van der Waals surface area contributed by atoms with E-state index in [1.165, 1.54) is 10.7 Å². The molecule has 0 radical (unpaired) electrons. The van der Waals surface area contributed by atoms with Crippen molar-refractivity contribution < 1.29 is 13.2 Å². The van der Waals surface area contributed by atoms with Crippen LogP contribution in [0.4, 0.5) is 18.9 Å². The van der Waals surface area contributed by atoms with Crippen molar-refractivity contribution >= 4 is 16.6 Å². The Balaban J connectivity index is 2.09. The Bertz CT molecular complexity index is 759. The number of rotatable bonds is 1. The second-order valence-electron chi connectivity index (χ2n) is 4.28. The maximum absolute atomic E-state index is 12.5. The number of hydrogen-bond acceptors (Lipinski definition) is 3. The molecule has 2 heterocycles. The maximum Gasteiger partial charge on any atom is 0.417 e. The number of nitrogens with zero attached hydrogens (tertiary/aromatic N) is 3. The van der Waals surface area contributed by atoms with Crippen LogP contribution in [0, 0.1) is 0 Å². The van der Waals surface area contributed by atoms with Gasteiger partial charge in [-0.2, -0.15) is 18.3 Å². The van der Waals surface area contributed by atoms with E-state index in [2.05, 4.69) is 10.1 Å². The minimum atomic E-state index is -4.40. The summed E-state index contributed by atoms with van der Waals surface area (Å²) in [5, 5.41) is 4.95. The van der Waals surface area contributed by atoms with E-state index < -0.39 is 11.7 Å². The predicted octanol–water partition coefficient (Wildman–Crippen LogP) is 3.02. The first kappa shape index (κ1) is 12.5. The van der Waals surface area contributed by atoms with E-state index in [9.17, 15) is 13.2 Å². The summed E-state index contributed by atoms with van der Waals surface area (Å²) in [4.78, 5) is 3.81. The van der Waals surface area contributed by atoms with Crippen LogP contribution in [0.25, 0.3) is 16.7 Å². The van der Waals surface area contributed by atoms with E-state index in [0.717, 1.165) is 17.6 Å². The summed E-state index contributed by atoms with van der Waals surface area (Å²) >= 11 is 0. The fourth-order valence-corrected chi connectivity index (χ4v) is 1.90. The van der Waals surface area contributed by atoms with Crippen molar-refractivity contribution in [3.63, 3.8) is 0 Å². The van der Waals surface area contributed by atoms with Crippen LogP contribution in [0.2, 0.25) is 0 Å². The summed E-state index contributed by atoms with van der Waals surface area (Å²) in [6.07, 6.45) is -2.01. The number of hydrogen-bond donors (Lipinski definition) is 1. The Morgan fingerprint density at radius 3 is 2.50 bits per heavy atom. The molecular weight excluding hydrogens is 269 g/mol. The number of nitrogens with two attached hydrogens (primary N) is 1. The second kappa shape index (κ2) is 4.22. The van der Waals surface area contributed by atoms with Crippen molar-refractivity contribution in [2.75, 3.05) is 5.73 Å². The molecule has 0 atom stereocenters. The van der Waals surface area contributed by atoms with Crippen LogP contribution in [-0.2, 0) is 6.18 Å². The fourth-order valence-electron chi connectivity index (χ4n) is 1.90. The summed E-state index contributed by atoms with van der Waals surface area (Å²) in [7, 11) is 0. The normalized spacial score (nSPS) is 11.9. The maximum atomic E-state index is 12.5. The number of fused-ring (bicyclic) bond motifs is 1. The number of halogens is 3. The van der Waals surface area contributed by atoms with Gasteiger partial charge < -0.3 is 5.73 Å².